The Balaban J connectivity index is 1.89. The van der Waals surface area contributed by atoms with Crippen LogP contribution in [0.25, 0.3) is 0 Å². The van der Waals surface area contributed by atoms with Gasteiger partial charge in [0.1, 0.15) is 0 Å². The van der Waals surface area contributed by atoms with Crippen LogP contribution < -0.4 is 5.32 Å². The molecule has 0 saturated carbocycles. The van der Waals surface area contributed by atoms with E-state index in [1.807, 2.05) is 29.2 Å². The lowest BCUT2D eigenvalue weighted by molar-refractivity contribution is 0.0707. The molecule has 0 aliphatic carbocycles. The fraction of sp³-hybridized carbons (Fsp3) is 0.467. The summed E-state index contributed by atoms with van der Waals surface area (Å²) in [6.07, 6.45) is 1.58. The predicted molar refractivity (Wildman–Crippen MR) is 85.3 cm³/mol. The van der Waals surface area contributed by atoms with Gasteiger partial charge in [0, 0.05) is 43.3 Å². The summed E-state index contributed by atoms with van der Waals surface area (Å²) in [6.45, 7) is 1.34. The van der Waals surface area contributed by atoms with E-state index in [-0.39, 0.29) is 18.0 Å². The van der Waals surface area contributed by atoms with Crippen LogP contribution in [-0.2, 0) is 0 Å². The van der Waals surface area contributed by atoms with E-state index >= 15 is 0 Å². The standard InChI is InChI=1S/C15H20BrN3O2/c1-18(2)15(21)17-13-6-8-19(9-7-13)14(20)11-4-3-5-12(16)10-11/h3-5,10,13H,6-9H2,1-2H3,(H,17,21). The summed E-state index contributed by atoms with van der Waals surface area (Å²) in [6, 6.07) is 7.49. The minimum atomic E-state index is -0.0771. The maximum absolute atomic E-state index is 12.4. The van der Waals surface area contributed by atoms with Crippen molar-refractivity contribution in [2.45, 2.75) is 18.9 Å². The molecule has 6 heteroatoms. The van der Waals surface area contributed by atoms with Gasteiger partial charge < -0.3 is 15.1 Å². The topological polar surface area (TPSA) is 52.7 Å². The number of carbonyl (C=O) groups is 2. The summed E-state index contributed by atoms with van der Waals surface area (Å²) < 4.78 is 0.904. The number of nitrogens with one attached hydrogen (secondary N) is 1. The highest BCUT2D eigenvalue weighted by Crippen LogP contribution is 2.17. The normalized spacial score (nSPS) is 15.7. The fourth-order valence-corrected chi connectivity index (χ4v) is 2.73. The molecule has 1 heterocycles. The largest absolute Gasteiger partial charge is 0.338 e. The van der Waals surface area contributed by atoms with Crippen LogP contribution in [0.3, 0.4) is 0 Å². The molecule has 0 aromatic heterocycles. The van der Waals surface area contributed by atoms with Gasteiger partial charge in [-0.05, 0) is 31.0 Å². The van der Waals surface area contributed by atoms with Crippen LogP contribution in [0, 0.1) is 0 Å². The lowest BCUT2D eigenvalue weighted by Crippen LogP contribution is -2.48. The molecule has 1 aliphatic heterocycles. The first-order valence-electron chi connectivity index (χ1n) is 7.00. The number of likely N-dealkylation sites (tertiary alicyclic amines) is 1. The van der Waals surface area contributed by atoms with E-state index in [2.05, 4.69) is 21.2 Å². The summed E-state index contributed by atoms with van der Waals surface area (Å²) in [5.41, 5.74) is 0.695. The molecule has 21 heavy (non-hydrogen) atoms. The van der Waals surface area contributed by atoms with Crippen molar-refractivity contribution >= 4 is 27.9 Å². The van der Waals surface area contributed by atoms with E-state index < -0.39 is 0 Å². The number of piperidine rings is 1. The van der Waals surface area contributed by atoms with Gasteiger partial charge >= 0.3 is 6.03 Å². The van der Waals surface area contributed by atoms with Gasteiger partial charge in [-0.15, -0.1) is 0 Å². The van der Waals surface area contributed by atoms with Gasteiger partial charge in [0.2, 0.25) is 0 Å². The van der Waals surface area contributed by atoms with E-state index in [1.165, 1.54) is 4.90 Å². The maximum atomic E-state index is 12.4. The van der Waals surface area contributed by atoms with Crippen molar-refractivity contribution in [1.82, 2.24) is 15.1 Å². The Bertz CT molecular complexity index is 525. The average Bonchev–Trinajstić information content (AvgIpc) is 2.47. The number of hydrogen-bond donors (Lipinski definition) is 1. The summed E-state index contributed by atoms with van der Waals surface area (Å²) in [7, 11) is 3.45. The summed E-state index contributed by atoms with van der Waals surface area (Å²) in [5, 5.41) is 2.97. The van der Waals surface area contributed by atoms with Gasteiger partial charge in [-0.1, -0.05) is 22.0 Å². The summed E-state index contributed by atoms with van der Waals surface area (Å²) >= 11 is 3.38. The van der Waals surface area contributed by atoms with Crippen molar-refractivity contribution in [3.63, 3.8) is 0 Å². The third kappa shape index (κ3) is 4.20. The third-order valence-corrected chi connectivity index (χ3v) is 4.08. The minimum Gasteiger partial charge on any atom is -0.338 e. The molecule has 2 rings (SSSR count). The lowest BCUT2D eigenvalue weighted by Gasteiger charge is -2.33. The Morgan fingerprint density at radius 2 is 1.95 bits per heavy atom. The van der Waals surface area contributed by atoms with Crippen molar-refractivity contribution in [3.05, 3.63) is 34.3 Å². The minimum absolute atomic E-state index is 0.0497. The quantitative estimate of drug-likeness (QED) is 0.886. The van der Waals surface area contributed by atoms with Crippen molar-refractivity contribution in [2.75, 3.05) is 27.2 Å². The molecule has 1 aliphatic rings. The number of benzene rings is 1. The van der Waals surface area contributed by atoms with E-state index in [1.54, 1.807) is 14.1 Å². The van der Waals surface area contributed by atoms with E-state index in [4.69, 9.17) is 0 Å². The van der Waals surface area contributed by atoms with Gasteiger partial charge in [-0.3, -0.25) is 4.79 Å². The Morgan fingerprint density at radius 3 is 2.52 bits per heavy atom. The first kappa shape index (κ1) is 15.8. The van der Waals surface area contributed by atoms with Gasteiger partial charge in [0.15, 0.2) is 0 Å². The third-order valence-electron chi connectivity index (χ3n) is 3.59. The first-order valence-corrected chi connectivity index (χ1v) is 7.79. The van der Waals surface area contributed by atoms with Crippen LogP contribution in [-0.4, -0.2) is 55.0 Å². The highest BCUT2D eigenvalue weighted by atomic mass is 79.9. The van der Waals surface area contributed by atoms with Gasteiger partial charge in [-0.25, -0.2) is 4.79 Å². The Morgan fingerprint density at radius 1 is 1.29 bits per heavy atom. The molecule has 3 amide bonds. The number of urea groups is 1. The highest BCUT2D eigenvalue weighted by Gasteiger charge is 2.24. The zero-order valence-electron chi connectivity index (χ0n) is 12.3. The molecule has 1 saturated heterocycles. The predicted octanol–water partition coefficient (Wildman–Crippen LogP) is 2.32. The molecule has 0 bridgehead atoms. The van der Waals surface area contributed by atoms with Crippen LogP contribution >= 0.6 is 15.9 Å². The maximum Gasteiger partial charge on any atom is 0.317 e. The molecule has 0 unspecified atom stereocenters. The van der Waals surface area contributed by atoms with E-state index in [9.17, 15) is 9.59 Å². The smallest absolute Gasteiger partial charge is 0.317 e. The van der Waals surface area contributed by atoms with Crippen LogP contribution in [0.4, 0.5) is 4.79 Å². The molecule has 1 N–H and O–H groups in total. The van der Waals surface area contributed by atoms with E-state index in [0.717, 1.165) is 17.3 Å². The van der Waals surface area contributed by atoms with Crippen molar-refractivity contribution < 1.29 is 9.59 Å². The second-order valence-electron chi connectivity index (χ2n) is 5.42. The summed E-state index contributed by atoms with van der Waals surface area (Å²) in [5.74, 6) is 0.0497. The first-order chi connectivity index (χ1) is 9.97. The monoisotopic (exact) mass is 353 g/mol. The molecule has 0 radical (unpaired) electrons. The van der Waals surface area contributed by atoms with Crippen LogP contribution in [0.5, 0.6) is 0 Å². The van der Waals surface area contributed by atoms with Crippen LogP contribution in [0.15, 0.2) is 28.7 Å². The molecule has 114 valence electrons. The number of nitrogens with zero attached hydrogens (tertiary/aromatic N) is 2. The summed E-state index contributed by atoms with van der Waals surface area (Å²) in [4.78, 5) is 27.4. The second-order valence-corrected chi connectivity index (χ2v) is 6.34. The molecule has 1 aromatic carbocycles. The lowest BCUT2D eigenvalue weighted by atomic mass is 10.0. The van der Waals surface area contributed by atoms with Crippen LogP contribution in [0.2, 0.25) is 0 Å². The zero-order valence-corrected chi connectivity index (χ0v) is 13.9. The second kappa shape index (κ2) is 6.93. The highest BCUT2D eigenvalue weighted by molar-refractivity contribution is 9.10. The van der Waals surface area contributed by atoms with E-state index in [0.29, 0.717) is 18.7 Å². The van der Waals surface area contributed by atoms with Gasteiger partial charge in [0.05, 0.1) is 0 Å². The van der Waals surface area contributed by atoms with Crippen LogP contribution in [0.1, 0.15) is 23.2 Å². The number of halogens is 1. The molecule has 0 spiro atoms. The van der Waals surface area contributed by atoms with Crippen molar-refractivity contribution in [3.8, 4) is 0 Å². The van der Waals surface area contributed by atoms with Crippen molar-refractivity contribution in [2.24, 2.45) is 0 Å². The van der Waals surface area contributed by atoms with Gasteiger partial charge in [-0.2, -0.15) is 0 Å². The molecular formula is C15H20BrN3O2. The number of carbonyl (C=O) groups excluding carboxylic acids is 2. The Kier molecular flexibility index (Phi) is 5.22. The Labute approximate surface area is 133 Å². The molecule has 0 atom stereocenters. The van der Waals surface area contributed by atoms with Crippen molar-refractivity contribution in [1.29, 1.82) is 0 Å². The number of amides is 3. The molecular weight excluding hydrogens is 334 g/mol. The SMILES string of the molecule is CN(C)C(=O)NC1CCN(C(=O)c2cccc(Br)c2)CC1. The number of hydrogen-bond acceptors (Lipinski definition) is 2. The molecule has 1 fully saturated rings. The number of rotatable bonds is 2. The Hall–Kier alpha value is -1.56. The van der Waals surface area contributed by atoms with Gasteiger partial charge in [0.25, 0.3) is 5.91 Å². The molecule has 5 nitrogen and oxygen atoms in total. The average molecular weight is 354 g/mol. The fourth-order valence-electron chi connectivity index (χ4n) is 2.33. The zero-order chi connectivity index (χ0) is 15.4. The molecule has 1 aromatic rings.